The second kappa shape index (κ2) is 11.4. The van der Waals surface area contributed by atoms with Crippen LogP contribution in [-0.4, -0.2) is 47.9 Å². The van der Waals surface area contributed by atoms with Crippen molar-refractivity contribution in [1.29, 1.82) is 0 Å². The monoisotopic (exact) mass is 553 g/mol. The van der Waals surface area contributed by atoms with Gasteiger partial charge in [-0.05, 0) is 62.9 Å². The minimum absolute atomic E-state index is 0. The number of benzene rings is 1. The number of nitrogens with one attached hydrogen (secondary N) is 1. The first-order chi connectivity index (χ1) is 12.9. The third-order valence-corrected chi connectivity index (χ3v) is 7.14. The highest BCUT2D eigenvalue weighted by molar-refractivity contribution is 8.93. The maximum absolute atomic E-state index is 12.5. The Morgan fingerprint density at radius 1 is 1.28 bits per heavy atom. The Morgan fingerprint density at radius 3 is 2.62 bits per heavy atom. The lowest BCUT2D eigenvalue weighted by atomic mass is 9.93. The van der Waals surface area contributed by atoms with E-state index in [1.165, 1.54) is 12.8 Å². The number of hydrogen-bond acceptors (Lipinski definition) is 5. The highest BCUT2D eigenvalue weighted by atomic mass is 79.9. The molecule has 1 saturated heterocycles. The van der Waals surface area contributed by atoms with Crippen molar-refractivity contribution in [3.8, 4) is 0 Å². The molecule has 29 heavy (non-hydrogen) atoms. The fourth-order valence-electron chi connectivity index (χ4n) is 3.67. The first kappa shape index (κ1) is 26.1. The summed E-state index contributed by atoms with van der Waals surface area (Å²) in [6.07, 6.45) is 4.34. The van der Waals surface area contributed by atoms with Crippen LogP contribution in [0.3, 0.4) is 0 Å². The first-order valence-corrected chi connectivity index (χ1v) is 11.1. The molecule has 0 atom stereocenters. The molecule has 0 aliphatic carbocycles. The van der Waals surface area contributed by atoms with Gasteiger partial charge in [0, 0.05) is 19.9 Å². The Hall–Kier alpha value is -0.970. The van der Waals surface area contributed by atoms with Crippen LogP contribution in [0.4, 0.5) is 0 Å². The van der Waals surface area contributed by atoms with Crippen LogP contribution in [0.15, 0.2) is 23.1 Å². The molecule has 3 rings (SSSR count). The quantitative estimate of drug-likeness (QED) is 0.519. The zero-order valence-electron chi connectivity index (χ0n) is 16.5. The summed E-state index contributed by atoms with van der Waals surface area (Å²) in [7, 11) is -1.57. The van der Waals surface area contributed by atoms with Crippen LogP contribution in [0.2, 0.25) is 0 Å². The number of nitrogens with zero attached hydrogens (tertiary/aromatic N) is 2. The van der Waals surface area contributed by atoms with Crippen LogP contribution in [0.1, 0.15) is 37.9 Å². The molecule has 1 fully saturated rings. The molecule has 1 aliphatic rings. The molecule has 7 nitrogen and oxygen atoms in total. The second-order valence-corrected chi connectivity index (χ2v) is 9.39. The second-order valence-electron chi connectivity index (χ2n) is 7.29. The van der Waals surface area contributed by atoms with E-state index in [4.69, 9.17) is 5.11 Å². The fourth-order valence-corrected chi connectivity index (χ4v) is 5.00. The third-order valence-electron chi connectivity index (χ3n) is 5.34. The minimum atomic E-state index is -3.50. The Kier molecular flexibility index (Phi) is 10.3. The molecule has 1 aliphatic heterocycles. The van der Waals surface area contributed by atoms with Crippen LogP contribution in [0, 0.1) is 5.92 Å². The highest BCUT2D eigenvalue weighted by Gasteiger charge is 2.19. The normalized spacial score (nSPS) is 14.9. The van der Waals surface area contributed by atoms with E-state index in [0.717, 1.165) is 48.7 Å². The van der Waals surface area contributed by atoms with Crippen LogP contribution in [0.25, 0.3) is 11.0 Å². The molecule has 2 heterocycles. The summed E-state index contributed by atoms with van der Waals surface area (Å²) >= 11 is 0. The molecule has 0 unspecified atom stereocenters. The number of carbonyl (C=O) groups is 1. The first-order valence-electron chi connectivity index (χ1n) is 9.47. The van der Waals surface area contributed by atoms with E-state index in [2.05, 4.69) is 10.3 Å². The van der Waals surface area contributed by atoms with Gasteiger partial charge in [0.1, 0.15) is 5.82 Å². The molecule has 0 saturated carbocycles. The molecule has 2 aromatic rings. The van der Waals surface area contributed by atoms with E-state index in [-0.39, 0.29) is 57.5 Å². The van der Waals surface area contributed by atoms with Crippen molar-refractivity contribution in [3.63, 3.8) is 0 Å². The fraction of sp³-hybridized carbons (Fsp3) is 0.579. The van der Waals surface area contributed by atoms with E-state index in [1.807, 2.05) is 11.6 Å². The molecule has 164 valence electrons. The van der Waals surface area contributed by atoms with Gasteiger partial charge in [-0.15, -0.1) is 34.0 Å². The molecule has 10 heteroatoms. The molecular formula is C19H29Br2N3O4S. The Balaban J connectivity index is 0.00000210. The van der Waals surface area contributed by atoms with Gasteiger partial charge in [0.15, 0.2) is 9.84 Å². The molecule has 0 bridgehead atoms. The molecule has 2 N–H and O–H groups in total. The highest BCUT2D eigenvalue weighted by Crippen LogP contribution is 2.24. The average Bonchev–Trinajstić information content (AvgIpc) is 2.96. The van der Waals surface area contributed by atoms with E-state index in [1.54, 1.807) is 18.2 Å². The predicted octanol–water partition coefficient (Wildman–Crippen LogP) is 3.30. The van der Waals surface area contributed by atoms with Gasteiger partial charge in [-0.25, -0.2) is 13.4 Å². The number of rotatable bonds is 8. The smallest absolute Gasteiger partial charge is 0.303 e. The van der Waals surface area contributed by atoms with Gasteiger partial charge in [-0.2, -0.15) is 0 Å². The zero-order chi connectivity index (χ0) is 19.4. The van der Waals surface area contributed by atoms with Crippen molar-refractivity contribution in [2.75, 3.05) is 18.8 Å². The number of aromatic nitrogens is 2. The van der Waals surface area contributed by atoms with E-state index in [0.29, 0.717) is 0 Å². The van der Waals surface area contributed by atoms with Crippen LogP contribution in [-0.2, 0) is 28.1 Å². The van der Waals surface area contributed by atoms with Crippen molar-refractivity contribution in [2.45, 2.75) is 43.4 Å². The van der Waals surface area contributed by atoms with Gasteiger partial charge < -0.3 is 15.0 Å². The number of aryl methyl sites for hydroxylation is 2. The van der Waals surface area contributed by atoms with Crippen molar-refractivity contribution in [2.24, 2.45) is 13.0 Å². The van der Waals surface area contributed by atoms with Crippen LogP contribution >= 0.6 is 34.0 Å². The number of fused-ring (bicyclic) bond motifs is 1. The minimum Gasteiger partial charge on any atom is -0.481 e. The average molecular weight is 555 g/mol. The summed E-state index contributed by atoms with van der Waals surface area (Å²) in [5.74, 6) is 0.552. The van der Waals surface area contributed by atoms with Gasteiger partial charge in [0.05, 0.1) is 21.7 Å². The molecular weight excluding hydrogens is 526 g/mol. The van der Waals surface area contributed by atoms with Gasteiger partial charge in [-0.3, -0.25) is 4.79 Å². The van der Waals surface area contributed by atoms with E-state index >= 15 is 0 Å². The number of aliphatic carboxylic acids is 1. The lowest BCUT2D eigenvalue weighted by molar-refractivity contribution is -0.137. The lowest BCUT2D eigenvalue weighted by Gasteiger charge is -2.22. The Bertz CT molecular complexity index is 925. The van der Waals surface area contributed by atoms with Crippen LogP contribution in [0.5, 0.6) is 0 Å². The number of hydrogen-bond donors (Lipinski definition) is 2. The number of carboxylic acid groups (broad SMARTS) is 1. The van der Waals surface area contributed by atoms with Gasteiger partial charge in [0.25, 0.3) is 0 Å². The summed E-state index contributed by atoms with van der Waals surface area (Å²) in [4.78, 5) is 15.5. The maximum atomic E-state index is 12.5. The SMILES string of the molecule is Br.Br.Cn1c(CCC2CCNCC2)nc2ccc(S(=O)(=O)CCCC(=O)O)cc21. The largest absolute Gasteiger partial charge is 0.481 e. The zero-order valence-corrected chi connectivity index (χ0v) is 20.7. The summed E-state index contributed by atoms with van der Waals surface area (Å²) < 4.78 is 26.9. The van der Waals surface area contributed by atoms with Gasteiger partial charge in [-0.1, -0.05) is 0 Å². The maximum Gasteiger partial charge on any atom is 0.303 e. The van der Waals surface area contributed by atoms with Gasteiger partial charge >= 0.3 is 5.97 Å². The van der Waals surface area contributed by atoms with E-state index in [9.17, 15) is 13.2 Å². The number of halogens is 2. The predicted molar refractivity (Wildman–Crippen MR) is 124 cm³/mol. The summed E-state index contributed by atoms with van der Waals surface area (Å²) in [5, 5.41) is 12.1. The topological polar surface area (TPSA) is 101 Å². The molecule has 0 spiro atoms. The van der Waals surface area contributed by atoms with E-state index < -0.39 is 15.8 Å². The van der Waals surface area contributed by atoms with Gasteiger partial charge in [0.2, 0.25) is 0 Å². The molecule has 0 radical (unpaired) electrons. The molecule has 1 aromatic heterocycles. The molecule has 0 amide bonds. The number of piperidine rings is 1. The standard InChI is InChI=1S/C19H27N3O4S.2BrH/c1-22-17-13-15(27(25,26)12-2-3-19(23)24)5-6-16(17)21-18(22)7-4-14-8-10-20-11-9-14;;/h5-6,13-14,20H,2-4,7-12H2,1H3,(H,23,24);2*1H. The third kappa shape index (κ3) is 6.77. The Morgan fingerprint density at radius 2 is 1.97 bits per heavy atom. The van der Waals surface area contributed by atoms with Crippen molar-refractivity contribution in [3.05, 3.63) is 24.0 Å². The number of imidazole rings is 1. The summed E-state index contributed by atoms with van der Waals surface area (Å²) in [6, 6.07) is 4.97. The number of sulfone groups is 1. The summed E-state index contributed by atoms with van der Waals surface area (Å²) in [5.41, 5.74) is 1.59. The van der Waals surface area contributed by atoms with Crippen molar-refractivity contribution >= 4 is 60.8 Å². The summed E-state index contributed by atoms with van der Waals surface area (Å²) in [6.45, 7) is 2.16. The van der Waals surface area contributed by atoms with Crippen LogP contribution < -0.4 is 5.32 Å². The lowest BCUT2D eigenvalue weighted by Crippen LogP contribution is -2.28. The number of carboxylic acids is 1. The Labute approximate surface area is 192 Å². The van der Waals surface area contributed by atoms with Crippen molar-refractivity contribution in [1.82, 2.24) is 14.9 Å². The molecule has 1 aromatic carbocycles. The van der Waals surface area contributed by atoms with Crippen molar-refractivity contribution < 1.29 is 18.3 Å².